The first-order valence-corrected chi connectivity index (χ1v) is 10.5. The van der Waals surface area contributed by atoms with Gasteiger partial charge in [-0.25, -0.2) is 4.79 Å². The van der Waals surface area contributed by atoms with Crippen molar-refractivity contribution in [3.8, 4) is 5.75 Å². The molecular formula is C23H29NO6. The Balaban J connectivity index is 1.66. The Morgan fingerprint density at radius 3 is 2.57 bits per heavy atom. The van der Waals surface area contributed by atoms with Gasteiger partial charge in [0.1, 0.15) is 11.3 Å². The van der Waals surface area contributed by atoms with Gasteiger partial charge in [-0.1, -0.05) is 6.92 Å². The van der Waals surface area contributed by atoms with Gasteiger partial charge < -0.3 is 19.6 Å². The quantitative estimate of drug-likeness (QED) is 0.671. The summed E-state index contributed by atoms with van der Waals surface area (Å²) >= 11 is 0. The van der Waals surface area contributed by atoms with Crippen LogP contribution < -0.4 is 15.7 Å². The van der Waals surface area contributed by atoms with E-state index in [-0.39, 0.29) is 17.7 Å². The molecule has 1 aliphatic rings. The maximum atomic E-state index is 12.6. The molecule has 2 N–H and O–H groups in total. The number of hydrogen-bond acceptors (Lipinski definition) is 5. The molecule has 1 saturated carbocycles. The van der Waals surface area contributed by atoms with Crippen LogP contribution in [0.1, 0.15) is 50.7 Å². The molecule has 1 atom stereocenters. The Bertz CT molecular complexity index is 987. The summed E-state index contributed by atoms with van der Waals surface area (Å²) in [5.41, 5.74) is 1.74. The minimum absolute atomic E-state index is 0.222. The van der Waals surface area contributed by atoms with Crippen molar-refractivity contribution in [1.29, 1.82) is 0 Å². The lowest BCUT2D eigenvalue weighted by Gasteiger charge is -2.26. The molecule has 0 spiro atoms. The average Bonchev–Trinajstić information content (AvgIpc) is 2.70. The Kier molecular flexibility index (Phi) is 6.80. The fourth-order valence-electron chi connectivity index (χ4n) is 4.09. The van der Waals surface area contributed by atoms with E-state index in [4.69, 9.17) is 14.3 Å². The summed E-state index contributed by atoms with van der Waals surface area (Å²) in [6.45, 7) is 6.04. The SMILES string of the molecule is CCc1cc(=O)oc2cc(C)cc(O[C@@H](C)C(=O)NCC3CCC(C(=O)O)CC3)c12. The average molecular weight is 415 g/mol. The Morgan fingerprint density at radius 2 is 1.93 bits per heavy atom. The molecule has 1 fully saturated rings. The number of amides is 1. The fraction of sp³-hybridized carbons (Fsp3) is 0.522. The van der Waals surface area contributed by atoms with Crippen molar-refractivity contribution in [1.82, 2.24) is 5.32 Å². The van der Waals surface area contributed by atoms with E-state index >= 15 is 0 Å². The van der Waals surface area contributed by atoms with Gasteiger partial charge in [0, 0.05) is 12.6 Å². The van der Waals surface area contributed by atoms with Crippen molar-refractivity contribution in [2.75, 3.05) is 6.54 Å². The van der Waals surface area contributed by atoms with Crippen LogP contribution in [0.15, 0.2) is 27.4 Å². The van der Waals surface area contributed by atoms with Crippen LogP contribution in [0.2, 0.25) is 0 Å². The molecule has 0 unspecified atom stereocenters. The summed E-state index contributed by atoms with van der Waals surface area (Å²) < 4.78 is 11.3. The second-order valence-electron chi connectivity index (χ2n) is 8.14. The lowest BCUT2D eigenvalue weighted by atomic mass is 9.82. The third-order valence-corrected chi connectivity index (χ3v) is 5.85. The molecule has 162 valence electrons. The third-order valence-electron chi connectivity index (χ3n) is 5.85. The van der Waals surface area contributed by atoms with Crippen LogP contribution in [0.5, 0.6) is 5.75 Å². The number of carbonyl (C=O) groups excluding carboxylic acids is 1. The molecule has 1 aliphatic carbocycles. The van der Waals surface area contributed by atoms with Gasteiger partial charge in [0.25, 0.3) is 5.91 Å². The number of carboxylic acid groups (broad SMARTS) is 1. The zero-order chi connectivity index (χ0) is 21.8. The van der Waals surface area contributed by atoms with E-state index in [9.17, 15) is 14.4 Å². The molecule has 1 amide bonds. The van der Waals surface area contributed by atoms with Crippen LogP contribution in [0.3, 0.4) is 0 Å². The Morgan fingerprint density at radius 1 is 1.23 bits per heavy atom. The predicted octanol–water partition coefficient (Wildman–Crippen LogP) is 3.44. The molecule has 1 aromatic heterocycles. The number of hydrogen-bond donors (Lipinski definition) is 2. The van der Waals surface area contributed by atoms with E-state index in [1.807, 2.05) is 19.9 Å². The van der Waals surface area contributed by atoms with Gasteiger partial charge in [0.15, 0.2) is 6.10 Å². The highest BCUT2D eigenvalue weighted by Gasteiger charge is 2.27. The van der Waals surface area contributed by atoms with E-state index < -0.39 is 17.7 Å². The van der Waals surface area contributed by atoms with Crippen LogP contribution in [-0.2, 0) is 16.0 Å². The monoisotopic (exact) mass is 415 g/mol. The number of benzene rings is 1. The molecule has 0 aliphatic heterocycles. The van der Waals surface area contributed by atoms with Gasteiger partial charge >= 0.3 is 11.6 Å². The number of ether oxygens (including phenoxy) is 1. The summed E-state index contributed by atoms with van der Waals surface area (Å²) in [6.07, 6.45) is 2.83. The van der Waals surface area contributed by atoms with Crippen molar-refractivity contribution in [2.24, 2.45) is 11.8 Å². The van der Waals surface area contributed by atoms with Crippen LogP contribution in [-0.4, -0.2) is 29.6 Å². The molecule has 2 aromatic rings. The van der Waals surface area contributed by atoms with E-state index in [1.54, 1.807) is 13.0 Å². The van der Waals surface area contributed by atoms with Gasteiger partial charge in [-0.15, -0.1) is 0 Å². The van der Waals surface area contributed by atoms with E-state index in [0.717, 1.165) is 24.0 Å². The second-order valence-corrected chi connectivity index (χ2v) is 8.14. The standard InChI is InChI=1S/C23H29NO6/c1-4-16-11-20(25)30-19-10-13(2)9-18(21(16)19)29-14(3)22(26)24-12-15-5-7-17(8-6-15)23(27)28/h9-11,14-15,17H,4-8,12H2,1-3H3,(H,24,26)(H,27,28)/t14-,15?,17?/m0/s1. The van der Waals surface area contributed by atoms with E-state index in [2.05, 4.69) is 5.32 Å². The molecule has 7 nitrogen and oxygen atoms in total. The second kappa shape index (κ2) is 9.32. The van der Waals surface area contributed by atoms with Gasteiger partial charge in [-0.3, -0.25) is 9.59 Å². The Labute approximate surface area is 175 Å². The van der Waals surface area contributed by atoms with Gasteiger partial charge in [-0.2, -0.15) is 0 Å². The van der Waals surface area contributed by atoms with E-state index in [0.29, 0.717) is 42.5 Å². The van der Waals surface area contributed by atoms with Crippen molar-refractivity contribution < 1.29 is 23.8 Å². The molecule has 3 rings (SSSR count). The lowest BCUT2D eigenvalue weighted by molar-refractivity contribution is -0.143. The lowest BCUT2D eigenvalue weighted by Crippen LogP contribution is -2.39. The van der Waals surface area contributed by atoms with Crippen molar-refractivity contribution >= 4 is 22.8 Å². The molecule has 7 heteroatoms. The zero-order valence-corrected chi connectivity index (χ0v) is 17.7. The maximum absolute atomic E-state index is 12.6. The van der Waals surface area contributed by atoms with Gasteiger partial charge in [0.2, 0.25) is 0 Å². The van der Waals surface area contributed by atoms with Crippen LogP contribution >= 0.6 is 0 Å². The molecule has 1 aromatic carbocycles. The maximum Gasteiger partial charge on any atom is 0.336 e. The number of nitrogens with one attached hydrogen (secondary N) is 1. The van der Waals surface area contributed by atoms with Gasteiger partial charge in [-0.05, 0) is 75.1 Å². The largest absolute Gasteiger partial charge is 0.481 e. The molecule has 0 saturated heterocycles. The zero-order valence-electron chi connectivity index (χ0n) is 17.7. The van der Waals surface area contributed by atoms with Gasteiger partial charge in [0.05, 0.1) is 11.3 Å². The highest BCUT2D eigenvalue weighted by Crippen LogP contribution is 2.31. The third kappa shape index (κ3) is 5.01. The van der Waals surface area contributed by atoms with Crippen LogP contribution in [0, 0.1) is 18.8 Å². The first-order chi connectivity index (χ1) is 14.3. The minimum atomic E-state index is -0.729. The summed E-state index contributed by atoms with van der Waals surface area (Å²) in [6, 6.07) is 5.10. The van der Waals surface area contributed by atoms with Crippen LogP contribution in [0.4, 0.5) is 0 Å². The van der Waals surface area contributed by atoms with Crippen molar-refractivity contribution in [2.45, 2.75) is 59.0 Å². The van der Waals surface area contributed by atoms with E-state index in [1.165, 1.54) is 6.07 Å². The predicted molar refractivity (Wildman–Crippen MR) is 113 cm³/mol. The minimum Gasteiger partial charge on any atom is -0.481 e. The molecular weight excluding hydrogens is 386 g/mol. The van der Waals surface area contributed by atoms with Crippen molar-refractivity contribution in [3.63, 3.8) is 0 Å². The normalized spacial score (nSPS) is 20.0. The molecule has 30 heavy (non-hydrogen) atoms. The highest BCUT2D eigenvalue weighted by atomic mass is 16.5. The summed E-state index contributed by atoms with van der Waals surface area (Å²) in [5, 5.41) is 12.7. The first-order valence-electron chi connectivity index (χ1n) is 10.5. The Hall–Kier alpha value is -2.83. The topological polar surface area (TPSA) is 106 Å². The summed E-state index contributed by atoms with van der Waals surface area (Å²) in [4.78, 5) is 35.5. The van der Waals surface area contributed by atoms with Crippen LogP contribution in [0.25, 0.3) is 11.0 Å². The number of aryl methyl sites for hydroxylation is 2. The molecule has 0 bridgehead atoms. The first kappa shape index (κ1) is 21.9. The molecule has 0 radical (unpaired) electrons. The highest BCUT2D eigenvalue weighted by molar-refractivity contribution is 5.88. The number of aliphatic carboxylic acids is 1. The summed E-state index contributed by atoms with van der Waals surface area (Å²) in [5.74, 6) is -0.401. The van der Waals surface area contributed by atoms with Crippen molar-refractivity contribution in [3.05, 3.63) is 39.7 Å². The smallest absolute Gasteiger partial charge is 0.336 e. The summed E-state index contributed by atoms with van der Waals surface area (Å²) in [7, 11) is 0. The number of carbonyl (C=O) groups is 2. The number of rotatable bonds is 7. The number of carboxylic acids is 1. The number of fused-ring (bicyclic) bond motifs is 1. The molecule has 1 heterocycles. The fourth-order valence-corrected chi connectivity index (χ4v) is 4.09.